The first-order chi connectivity index (χ1) is 14.7. The van der Waals surface area contributed by atoms with Crippen LogP contribution in [0.2, 0.25) is 5.02 Å². The normalized spacial score (nSPS) is 18.2. The zero-order valence-electron chi connectivity index (χ0n) is 16.9. The van der Waals surface area contributed by atoms with Crippen LogP contribution in [0.25, 0.3) is 16.6 Å². The fourth-order valence-electron chi connectivity index (χ4n) is 4.68. The molecule has 2 aliphatic heterocycles. The fraction of sp³-hybridized carbons (Fsp3) is 0.391. The van der Waals surface area contributed by atoms with E-state index in [0.29, 0.717) is 5.92 Å². The summed E-state index contributed by atoms with van der Waals surface area (Å²) >= 11 is 6.08. The van der Waals surface area contributed by atoms with Crippen molar-refractivity contribution in [2.75, 3.05) is 39.3 Å². The molecular weight excluding hydrogens is 398 g/mol. The second kappa shape index (κ2) is 8.28. The van der Waals surface area contributed by atoms with Crippen LogP contribution in [0, 0.1) is 0 Å². The van der Waals surface area contributed by atoms with Gasteiger partial charge in [0.25, 0.3) is 0 Å². The van der Waals surface area contributed by atoms with Crippen molar-refractivity contribution in [1.82, 2.24) is 24.7 Å². The predicted octanol–water partition coefficient (Wildman–Crippen LogP) is 3.88. The Morgan fingerprint density at radius 3 is 2.43 bits per heavy atom. The van der Waals surface area contributed by atoms with E-state index in [1.165, 1.54) is 10.9 Å². The molecule has 2 amide bonds. The number of nitrogens with one attached hydrogen (secondary N) is 1. The number of carbonyl (C=O) groups excluding carboxylic acids is 1. The molecule has 0 radical (unpaired) electrons. The van der Waals surface area contributed by atoms with Gasteiger partial charge in [0, 0.05) is 67.8 Å². The van der Waals surface area contributed by atoms with E-state index in [0.717, 1.165) is 68.3 Å². The Bertz CT molecular complexity index is 1030. The van der Waals surface area contributed by atoms with Crippen molar-refractivity contribution in [2.24, 2.45) is 0 Å². The lowest BCUT2D eigenvalue weighted by Gasteiger charge is -2.37. The number of carbonyl (C=O) groups is 1. The van der Waals surface area contributed by atoms with E-state index in [2.05, 4.69) is 27.1 Å². The number of likely N-dealkylation sites (tertiary alicyclic amines) is 1. The van der Waals surface area contributed by atoms with Crippen molar-refractivity contribution in [3.63, 3.8) is 0 Å². The maximum atomic E-state index is 12.8. The number of fused-ring (bicyclic) bond motifs is 1. The molecule has 4 heterocycles. The largest absolute Gasteiger partial charge is 0.325 e. The highest BCUT2D eigenvalue weighted by molar-refractivity contribution is 6.30. The third kappa shape index (κ3) is 3.66. The molecule has 2 aliphatic rings. The van der Waals surface area contributed by atoms with Gasteiger partial charge in [-0.15, -0.1) is 0 Å². The van der Waals surface area contributed by atoms with Gasteiger partial charge in [-0.3, -0.25) is 4.98 Å². The molecule has 6 nitrogen and oxygen atoms in total. The van der Waals surface area contributed by atoms with Crippen molar-refractivity contribution in [3.8, 4) is 5.69 Å². The Morgan fingerprint density at radius 1 is 1.00 bits per heavy atom. The molecule has 2 aromatic heterocycles. The number of aromatic nitrogens is 2. The van der Waals surface area contributed by atoms with Crippen LogP contribution in [0.5, 0.6) is 0 Å². The van der Waals surface area contributed by atoms with Crippen molar-refractivity contribution in [2.45, 2.75) is 18.8 Å². The Hall–Kier alpha value is -2.57. The summed E-state index contributed by atoms with van der Waals surface area (Å²) < 4.78 is 2.20. The third-order valence-electron chi connectivity index (χ3n) is 6.34. The smallest absolute Gasteiger partial charge is 0.320 e. The van der Waals surface area contributed by atoms with Gasteiger partial charge in [-0.2, -0.15) is 0 Å². The molecule has 30 heavy (non-hydrogen) atoms. The van der Waals surface area contributed by atoms with Gasteiger partial charge < -0.3 is 19.7 Å². The number of nitrogens with zero attached hydrogens (tertiary/aromatic N) is 4. The minimum Gasteiger partial charge on any atom is -0.325 e. The summed E-state index contributed by atoms with van der Waals surface area (Å²) in [5.41, 5.74) is 3.53. The molecule has 0 unspecified atom stereocenters. The Balaban J connectivity index is 1.37. The molecule has 0 bridgehead atoms. The minimum atomic E-state index is 0.197. The minimum absolute atomic E-state index is 0.197. The van der Waals surface area contributed by atoms with E-state index in [9.17, 15) is 4.79 Å². The summed E-state index contributed by atoms with van der Waals surface area (Å²) in [4.78, 5) is 21.2. The number of hydrogen-bond donors (Lipinski definition) is 1. The zero-order chi connectivity index (χ0) is 20.5. The summed E-state index contributed by atoms with van der Waals surface area (Å²) in [5, 5.41) is 5.28. The number of hydrogen-bond acceptors (Lipinski definition) is 3. The van der Waals surface area contributed by atoms with E-state index >= 15 is 0 Å². The summed E-state index contributed by atoms with van der Waals surface area (Å²) in [6, 6.07) is 10.2. The number of rotatable bonds is 2. The summed E-state index contributed by atoms with van der Waals surface area (Å²) in [6.45, 7) is 5.01. The van der Waals surface area contributed by atoms with Crippen molar-refractivity contribution in [3.05, 3.63) is 59.5 Å². The zero-order valence-corrected chi connectivity index (χ0v) is 17.7. The van der Waals surface area contributed by atoms with Crippen LogP contribution in [-0.2, 0) is 0 Å². The third-order valence-corrected chi connectivity index (χ3v) is 6.59. The first-order valence-corrected chi connectivity index (χ1v) is 11.0. The number of pyridine rings is 1. The molecule has 0 atom stereocenters. The van der Waals surface area contributed by atoms with Gasteiger partial charge in [0.2, 0.25) is 0 Å². The highest BCUT2D eigenvalue weighted by atomic mass is 35.5. The molecule has 1 N–H and O–H groups in total. The number of piperidine rings is 1. The van der Waals surface area contributed by atoms with Gasteiger partial charge in [0.1, 0.15) is 0 Å². The molecule has 1 aromatic carbocycles. The van der Waals surface area contributed by atoms with Crippen LogP contribution in [0.1, 0.15) is 24.3 Å². The van der Waals surface area contributed by atoms with Crippen molar-refractivity contribution >= 4 is 28.5 Å². The Morgan fingerprint density at radius 2 is 1.70 bits per heavy atom. The van der Waals surface area contributed by atoms with Crippen LogP contribution in [0.15, 0.2) is 48.9 Å². The lowest BCUT2D eigenvalue weighted by molar-refractivity contribution is 0.134. The molecule has 0 saturated carbocycles. The lowest BCUT2D eigenvalue weighted by atomic mass is 9.89. The molecule has 5 rings (SSSR count). The van der Waals surface area contributed by atoms with Gasteiger partial charge in [-0.05, 0) is 54.7 Å². The van der Waals surface area contributed by atoms with Gasteiger partial charge >= 0.3 is 6.03 Å². The number of amides is 2. The van der Waals surface area contributed by atoms with Crippen LogP contribution in [-0.4, -0.2) is 64.7 Å². The maximum absolute atomic E-state index is 12.8. The number of urea groups is 1. The van der Waals surface area contributed by atoms with Crippen LogP contribution < -0.4 is 5.32 Å². The molecule has 0 aliphatic carbocycles. The monoisotopic (exact) mass is 423 g/mol. The van der Waals surface area contributed by atoms with Crippen molar-refractivity contribution in [1.29, 1.82) is 0 Å². The van der Waals surface area contributed by atoms with E-state index in [4.69, 9.17) is 11.6 Å². The lowest BCUT2D eigenvalue weighted by Crippen LogP contribution is -2.52. The number of piperazine rings is 1. The Labute approximate surface area is 181 Å². The van der Waals surface area contributed by atoms with E-state index in [1.807, 2.05) is 46.5 Å². The molecule has 2 fully saturated rings. The average molecular weight is 424 g/mol. The van der Waals surface area contributed by atoms with Crippen LogP contribution in [0.3, 0.4) is 0 Å². The van der Waals surface area contributed by atoms with Gasteiger partial charge in [-0.25, -0.2) is 4.79 Å². The van der Waals surface area contributed by atoms with Gasteiger partial charge in [0.05, 0.1) is 11.7 Å². The summed E-state index contributed by atoms with van der Waals surface area (Å²) in [5.74, 6) is 0.440. The van der Waals surface area contributed by atoms with Gasteiger partial charge in [-0.1, -0.05) is 11.6 Å². The van der Waals surface area contributed by atoms with E-state index in [-0.39, 0.29) is 6.03 Å². The molecule has 156 valence electrons. The molecule has 0 spiro atoms. The first kappa shape index (κ1) is 19.4. The van der Waals surface area contributed by atoms with Crippen LogP contribution in [0.4, 0.5) is 4.79 Å². The van der Waals surface area contributed by atoms with Crippen molar-refractivity contribution < 1.29 is 4.79 Å². The quantitative estimate of drug-likeness (QED) is 0.680. The maximum Gasteiger partial charge on any atom is 0.320 e. The second-order valence-electron chi connectivity index (χ2n) is 8.10. The average Bonchev–Trinajstić information content (AvgIpc) is 3.20. The fourth-order valence-corrected chi connectivity index (χ4v) is 4.80. The second-order valence-corrected chi connectivity index (χ2v) is 8.54. The van der Waals surface area contributed by atoms with Gasteiger partial charge in [0.15, 0.2) is 0 Å². The van der Waals surface area contributed by atoms with E-state index in [1.54, 1.807) is 0 Å². The highest BCUT2D eigenvalue weighted by Gasteiger charge is 2.29. The molecule has 3 aromatic rings. The predicted molar refractivity (Wildman–Crippen MR) is 119 cm³/mol. The molecule has 2 saturated heterocycles. The molecular formula is C23H26ClN5O. The number of benzene rings is 1. The topological polar surface area (TPSA) is 53.4 Å². The van der Waals surface area contributed by atoms with E-state index < -0.39 is 0 Å². The SMILES string of the molecule is O=C(N1CCNCC1)N1CCC(c2cn(-c3ccc(Cl)cc3)c3cnccc23)CC1. The highest BCUT2D eigenvalue weighted by Crippen LogP contribution is 2.35. The standard InChI is InChI=1S/C23H26ClN5O/c24-18-1-3-19(4-2-18)29-16-21(20-5-8-26-15-22(20)29)17-6-11-27(12-7-17)23(30)28-13-9-25-10-14-28/h1-5,8,15-17,25H,6-7,9-14H2. The number of halogens is 1. The molecule has 7 heteroatoms. The first-order valence-electron chi connectivity index (χ1n) is 10.7. The summed E-state index contributed by atoms with van der Waals surface area (Å²) in [7, 11) is 0. The van der Waals surface area contributed by atoms with Crippen LogP contribution >= 0.6 is 11.6 Å². The Kier molecular flexibility index (Phi) is 5.35. The summed E-state index contributed by atoms with van der Waals surface area (Å²) in [6.07, 6.45) is 8.01.